The van der Waals surface area contributed by atoms with Gasteiger partial charge in [-0.3, -0.25) is 9.59 Å². The van der Waals surface area contributed by atoms with Gasteiger partial charge in [0.05, 0.1) is 0 Å². The number of alkyl halides is 3. The van der Waals surface area contributed by atoms with Gasteiger partial charge in [0.25, 0.3) is 0 Å². The lowest BCUT2D eigenvalue weighted by Gasteiger charge is -2.21. The van der Waals surface area contributed by atoms with Crippen LogP contribution in [-0.4, -0.2) is 41.1 Å². The third kappa shape index (κ3) is 6.75. The van der Waals surface area contributed by atoms with Gasteiger partial charge in [-0.05, 0) is 6.42 Å². The molecule has 4 nitrogen and oxygen atoms in total. The molecule has 88 valence electrons. The van der Waals surface area contributed by atoms with Crippen LogP contribution in [0.25, 0.3) is 0 Å². The molecule has 0 saturated heterocycles. The van der Waals surface area contributed by atoms with E-state index in [1.54, 1.807) is 6.92 Å². The van der Waals surface area contributed by atoms with Crippen LogP contribution in [0.3, 0.4) is 0 Å². The van der Waals surface area contributed by atoms with Gasteiger partial charge in [-0.1, -0.05) is 6.92 Å². The number of carbonyl (C=O) groups excluding carboxylic acids is 1. The molecule has 0 bridgehead atoms. The monoisotopic (exact) mass is 227 g/mol. The summed E-state index contributed by atoms with van der Waals surface area (Å²) in [5, 5.41) is 8.34. The summed E-state index contributed by atoms with van der Waals surface area (Å²) in [5.41, 5.74) is 0. The molecule has 0 aliphatic heterocycles. The molecule has 0 atom stereocenters. The molecule has 1 N–H and O–H groups in total. The molecule has 0 aromatic rings. The highest BCUT2D eigenvalue weighted by Crippen LogP contribution is 2.17. The molecular weight excluding hydrogens is 215 g/mol. The zero-order chi connectivity index (χ0) is 12.1. The largest absolute Gasteiger partial charge is 0.480 e. The van der Waals surface area contributed by atoms with Crippen LogP contribution in [0.4, 0.5) is 13.2 Å². The van der Waals surface area contributed by atoms with E-state index in [0.717, 1.165) is 0 Å². The normalized spacial score (nSPS) is 11.2. The summed E-state index contributed by atoms with van der Waals surface area (Å²) in [6.07, 6.45) is -4.27. The van der Waals surface area contributed by atoms with Crippen molar-refractivity contribution in [3.8, 4) is 0 Å². The molecule has 1 amide bonds. The third-order valence-electron chi connectivity index (χ3n) is 1.51. The van der Waals surface area contributed by atoms with Gasteiger partial charge < -0.3 is 10.0 Å². The fourth-order valence-corrected chi connectivity index (χ4v) is 0.984. The second-order valence-corrected chi connectivity index (χ2v) is 3.01. The first-order valence-corrected chi connectivity index (χ1v) is 4.32. The van der Waals surface area contributed by atoms with Crippen LogP contribution in [0.2, 0.25) is 0 Å². The van der Waals surface area contributed by atoms with E-state index >= 15 is 0 Å². The Kier molecular flexibility index (Phi) is 5.10. The van der Waals surface area contributed by atoms with Gasteiger partial charge in [-0.2, -0.15) is 13.2 Å². The van der Waals surface area contributed by atoms with Crippen molar-refractivity contribution in [1.29, 1.82) is 0 Å². The Bertz CT molecular complexity index is 240. The van der Waals surface area contributed by atoms with Crippen molar-refractivity contribution in [3.05, 3.63) is 0 Å². The second kappa shape index (κ2) is 5.57. The minimum Gasteiger partial charge on any atom is -0.480 e. The number of hydrogen-bond acceptors (Lipinski definition) is 2. The van der Waals surface area contributed by atoms with Crippen LogP contribution < -0.4 is 0 Å². The molecule has 15 heavy (non-hydrogen) atoms. The number of carboxylic acids is 1. The van der Waals surface area contributed by atoms with Crippen LogP contribution in [0.5, 0.6) is 0 Å². The fourth-order valence-electron chi connectivity index (χ4n) is 0.984. The lowest BCUT2D eigenvalue weighted by Crippen LogP contribution is -2.41. The maximum absolute atomic E-state index is 12.0. The lowest BCUT2D eigenvalue weighted by atomic mass is 10.3. The van der Waals surface area contributed by atoms with Gasteiger partial charge in [0.15, 0.2) is 0 Å². The Labute approximate surface area is 84.7 Å². The van der Waals surface area contributed by atoms with E-state index in [0.29, 0.717) is 11.3 Å². The molecule has 0 heterocycles. The van der Waals surface area contributed by atoms with E-state index < -0.39 is 31.1 Å². The standard InChI is InChI=1S/C8H12F3NO3/c1-2-3-6(13)12(4-7(14)15)5-8(9,10)11/h2-5H2,1H3,(H,14,15). The van der Waals surface area contributed by atoms with Crippen molar-refractivity contribution in [2.45, 2.75) is 25.9 Å². The average molecular weight is 227 g/mol. The Hall–Kier alpha value is -1.27. The van der Waals surface area contributed by atoms with Crippen molar-refractivity contribution in [2.75, 3.05) is 13.1 Å². The second-order valence-electron chi connectivity index (χ2n) is 3.01. The smallest absolute Gasteiger partial charge is 0.406 e. The van der Waals surface area contributed by atoms with Crippen molar-refractivity contribution in [3.63, 3.8) is 0 Å². The summed E-state index contributed by atoms with van der Waals surface area (Å²) in [5.74, 6) is -2.25. The van der Waals surface area contributed by atoms with Crippen LogP contribution in [0.15, 0.2) is 0 Å². The summed E-state index contributed by atoms with van der Waals surface area (Å²) in [6.45, 7) is -0.805. The predicted molar refractivity (Wildman–Crippen MR) is 45.2 cm³/mol. The summed E-state index contributed by atoms with van der Waals surface area (Å²) in [6, 6.07) is 0. The molecule has 0 saturated carbocycles. The molecule has 0 spiro atoms. The maximum Gasteiger partial charge on any atom is 0.406 e. The molecule has 0 aromatic heterocycles. The maximum atomic E-state index is 12.0. The van der Waals surface area contributed by atoms with E-state index in [1.165, 1.54) is 0 Å². The SMILES string of the molecule is CCCC(=O)N(CC(=O)O)CC(F)(F)F. The van der Waals surface area contributed by atoms with Gasteiger partial charge in [0.2, 0.25) is 5.91 Å². The van der Waals surface area contributed by atoms with E-state index in [-0.39, 0.29) is 6.42 Å². The molecule has 7 heteroatoms. The number of hydrogen-bond donors (Lipinski definition) is 1. The number of carbonyl (C=O) groups is 2. The van der Waals surface area contributed by atoms with Crippen LogP contribution >= 0.6 is 0 Å². The van der Waals surface area contributed by atoms with Gasteiger partial charge in [-0.15, -0.1) is 0 Å². The summed E-state index contributed by atoms with van der Waals surface area (Å²) >= 11 is 0. The first kappa shape index (κ1) is 13.7. The molecule has 0 aliphatic carbocycles. The van der Waals surface area contributed by atoms with Crippen LogP contribution in [0, 0.1) is 0 Å². The minimum absolute atomic E-state index is 0.0800. The molecule has 0 rings (SSSR count). The van der Waals surface area contributed by atoms with Crippen molar-refractivity contribution in [1.82, 2.24) is 4.90 Å². The van der Waals surface area contributed by atoms with Gasteiger partial charge in [0, 0.05) is 6.42 Å². The topological polar surface area (TPSA) is 57.6 Å². The van der Waals surface area contributed by atoms with E-state index in [2.05, 4.69) is 0 Å². The van der Waals surface area contributed by atoms with Crippen molar-refractivity contribution >= 4 is 11.9 Å². The summed E-state index contributed by atoms with van der Waals surface area (Å²) < 4.78 is 35.9. The number of amides is 1. The zero-order valence-electron chi connectivity index (χ0n) is 8.17. The Balaban J connectivity index is 4.44. The highest BCUT2D eigenvalue weighted by Gasteiger charge is 2.33. The zero-order valence-corrected chi connectivity index (χ0v) is 8.17. The first-order valence-electron chi connectivity index (χ1n) is 4.32. The van der Waals surface area contributed by atoms with Crippen molar-refractivity contribution in [2.24, 2.45) is 0 Å². The van der Waals surface area contributed by atoms with E-state index in [4.69, 9.17) is 5.11 Å². The van der Waals surface area contributed by atoms with Crippen LogP contribution in [0.1, 0.15) is 19.8 Å². The fraction of sp³-hybridized carbons (Fsp3) is 0.750. The highest BCUT2D eigenvalue weighted by atomic mass is 19.4. The average Bonchev–Trinajstić information content (AvgIpc) is 1.99. The minimum atomic E-state index is -4.57. The quantitative estimate of drug-likeness (QED) is 0.769. The number of carboxylic acid groups (broad SMARTS) is 1. The number of nitrogens with zero attached hydrogens (tertiary/aromatic N) is 1. The molecule has 0 fully saturated rings. The number of halogens is 3. The van der Waals surface area contributed by atoms with Crippen LogP contribution in [-0.2, 0) is 9.59 Å². The summed E-state index contributed by atoms with van der Waals surface area (Å²) in [7, 11) is 0. The molecule has 0 aliphatic rings. The molecule has 0 aromatic carbocycles. The van der Waals surface area contributed by atoms with E-state index in [1.807, 2.05) is 0 Å². The number of aliphatic carboxylic acids is 1. The third-order valence-corrected chi connectivity index (χ3v) is 1.51. The van der Waals surface area contributed by atoms with Crippen molar-refractivity contribution < 1.29 is 27.9 Å². The lowest BCUT2D eigenvalue weighted by molar-refractivity contribution is -0.165. The Morgan fingerprint density at radius 1 is 1.33 bits per heavy atom. The number of rotatable bonds is 5. The summed E-state index contributed by atoms with van der Waals surface area (Å²) in [4.78, 5) is 21.7. The predicted octanol–water partition coefficient (Wildman–Crippen LogP) is 1.26. The Morgan fingerprint density at radius 3 is 2.20 bits per heavy atom. The molecule has 0 radical (unpaired) electrons. The Morgan fingerprint density at radius 2 is 1.87 bits per heavy atom. The highest BCUT2D eigenvalue weighted by molar-refractivity contribution is 5.81. The van der Waals surface area contributed by atoms with Gasteiger partial charge in [0.1, 0.15) is 13.1 Å². The van der Waals surface area contributed by atoms with E-state index in [9.17, 15) is 22.8 Å². The molecular formula is C8H12F3NO3. The van der Waals surface area contributed by atoms with Gasteiger partial charge >= 0.3 is 12.1 Å². The first-order chi connectivity index (χ1) is 6.76. The molecule has 0 unspecified atom stereocenters. The van der Waals surface area contributed by atoms with Gasteiger partial charge in [-0.25, -0.2) is 0 Å².